The van der Waals surface area contributed by atoms with Crippen LogP contribution in [0.25, 0.3) is 0 Å². The monoisotopic (exact) mass is 374 g/mol. The van der Waals surface area contributed by atoms with Crippen LogP contribution in [-0.2, 0) is 4.79 Å². The highest BCUT2D eigenvalue weighted by molar-refractivity contribution is 8.14. The maximum atomic E-state index is 12.4. The number of benzene rings is 1. The number of carbonyl (C=O) groups is 3. The summed E-state index contributed by atoms with van der Waals surface area (Å²) in [4.78, 5) is 38.6. The first-order chi connectivity index (χ1) is 11.7. The summed E-state index contributed by atoms with van der Waals surface area (Å²) in [6.45, 7) is 0.587. The first-order valence-electron chi connectivity index (χ1n) is 7.38. The van der Waals surface area contributed by atoms with E-state index in [4.69, 9.17) is 0 Å². The lowest BCUT2D eigenvalue weighted by molar-refractivity contribution is -0.274. The van der Waals surface area contributed by atoms with Gasteiger partial charge in [-0.1, -0.05) is 11.8 Å². The second kappa shape index (κ2) is 6.58. The van der Waals surface area contributed by atoms with Gasteiger partial charge in [-0.25, -0.2) is 0 Å². The quantitative estimate of drug-likeness (QED) is 0.813. The molecule has 0 saturated carbocycles. The highest BCUT2D eigenvalue weighted by Crippen LogP contribution is 2.27. The zero-order valence-corrected chi connectivity index (χ0v) is 13.6. The molecular weight excluding hydrogens is 361 g/mol. The molecular formula is C15H13F3N2O4S. The summed E-state index contributed by atoms with van der Waals surface area (Å²) in [5.41, 5.74) is 0.212. The molecule has 2 saturated heterocycles. The molecule has 6 nitrogen and oxygen atoms in total. The molecule has 1 aromatic carbocycles. The number of thioether (sulfide) groups is 1. The minimum absolute atomic E-state index is 0.115. The van der Waals surface area contributed by atoms with Crippen LogP contribution in [0.3, 0.4) is 0 Å². The molecule has 2 aliphatic heterocycles. The third kappa shape index (κ3) is 3.89. The van der Waals surface area contributed by atoms with Crippen molar-refractivity contribution in [2.75, 3.05) is 18.8 Å². The summed E-state index contributed by atoms with van der Waals surface area (Å²) in [6, 6.07) is 4.28. The molecule has 0 bridgehead atoms. The van der Waals surface area contributed by atoms with E-state index in [1.54, 1.807) is 0 Å². The molecule has 0 radical (unpaired) electrons. The second-order valence-corrected chi connectivity index (χ2v) is 6.51. The van der Waals surface area contributed by atoms with Gasteiger partial charge in [0.1, 0.15) is 5.75 Å². The van der Waals surface area contributed by atoms with Gasteiger partial charge in [0.15, 0.2) is 0 Å². The van der Waals surface area contributed by atoms with Crippen LogP contribution in [0.5, 0.6) is 5.75 Å². The van der Waals surface area contributed by atoms with Gasteiger partial charge in [-0.15, -0.1) is 13.2 Å². The summed E-state index contributed by atoms with van der Waals surface area (Å²) >= 11 is 0.941. The average molecular weight is 374 g/mol. The van der Waals surface area contributed by atoms with E-state index in [1.807, 2.05) is 0 Å². The number of alkyl halides is 3. The Bertz CT molecular complexity index is 692. The molecule has 2 fully saturated rings. The predicted molar refractivity (Wildman–Crippen MR) is 82.1 cm³/mol. The number of likely N-dealkylation sites (tertiary alicyclic amines) is 1. The third-order valence-electron chi connectivity index (χ3n) is 3.94. The van der Waals surface area contributed by atoms with Gasteiger partial charge in [0.25, 0.3) is 11.1 Å². The molecule has 2 heterocycles. The number of imide groups is 1. The normalized spacial score (nSPS) is 21.2. The number of carbonyl (C=O) groups excluding carboxylic acids is 3. The van der Waals surface area contributed by atoms with Crippen molar-refractivity contribution >= 4 is 28.8 Å². The van der Waals surface area contributed by atoms with Crippen molar-refractivity contribution in [2.45, 2.75) is 18.8 Å². The molecule has 0 aliphatic carbocycles. The van der Waals surface area contributed by atoms with Crippen molar-refractivity contribution in [1.82, 2.24) is 9.80 Å². The third-order valence-corrected chi connectivity index (χ3v) is 4.77. The lowest BCUT2D eigenvalue weighted by Gasteiger charge is -2.22. The number of hydrogen-bond acceptors (Lipinski definition) is 5. The van der Waals surface area contributed by atoms with Crippen molar-refractivity contribution in [3.05, 3.63) is 29.8 Å². The summed E-state index contributed by atoms with van der Waals surface area (Å²) < 4.78 is 40.2. The van der Waals surface area contributed by atoms with Crippen LogP contribution in [0.4, 0.5) is 18.0 Å². The Kier molecular flexibility index (Phi) is 4.63. The summed E-state index contributed by atoms with van der Waals surface area (Å²) in [5.74, 6) is -0.923. The number of rotatable bonds is 3. The van der Waals surface area contributed by atoms with Gasteiger partial charge in [-0.2, -0.15) is 0 Å². The van der Waals surface area contributed by atoms with E-state index in [0.29, 0.717) is 13.0 Å². The van der Waals surface area contributed by atoms with Crippen LogP contribution < -0.4 is 4.74 Å². The van der Waals surface area contributed by atoms with Gasteiger partial charge in [0, 0.05) is 18.7 Å². The maximum Gasteiger partial charge on any atom is 0.573 e. The van der Waals surface area contributed by atoms with Crippen LogP contribution in [0.2, 0.25) is 0 Å². The van der Waals surface area contributed by atoms with E-state index in [0.717, 1.165) is 23.9 Å². The molecule has 10 heteroatoms. The second-order valence-electron chi connectivity index (χ2n) is 5.58. The number of ether oxygens (including phenoxy) is 1. The van der Waals surface area contributed by atoms with Gasteiger partial charge in [0.2, 0.25) is 5.91 Å². The first kappa shape index (κ1) is 17.6. The Morgan fingerprint density at radius 3 is 2.44 bits per heavy atom. The number of hydrogen-bond donors (Lipinski definition) is 0. The Balaban J connectivity index is 1.64. The Labute approximate surface area is 144 Å². The minimum Gasteiger partial charge on any atom is -0.406 e. The Morgan fingerprint density at radius 1 is 1.20 bits per heavy atom. The van der Waals surface area contributed by atoms with Crippen molar-refractivity contribution in [2.24, 2.45) is 0 Å². The summed E-state index contributed by atoms with van der Waals surface area (Å²) in [5, 5.41) is -0.307. The summed E-state index contributed by atoms with van der Waals surface area (Å²) in [6.07, 6.45) is -4.31. The molecule has 1 atom stereocenters. The van der Waals surface area contributed by atoms with E-state index in [1.165, 1.54) is 21.9 Å². The van der Waals surface area contributed by atoms with E-state index >= 15 is 0 Å². The molecule has 0 aromatic heterocycles. The topological polar surface area (TPSA) is 66.9 Å². The minimum atomic E-state index is -4.79. The molecule has 2 aliphatic rings. The van der Waals surface area contributed by atoms with Crippen LogP contribution in [0.15, 0.2) is 24.3 Å². The molecule has 1 aromatic rings. The molecule has 25 heavy (non-hydrogen) atoms. The van der Waals surface area contributed by atoms with E-state index in [9.17, 15) is 27.6 Å². The Hall–Kier alpha value is -2.23. The smallest absolute Gasteiger partial charge is 0.406 e. The van der Waals surface area contributed by atoms with Crippen molar-refractivity contribution in [1.29, 1.82) is 0 Å². The summed E-state index contributed by atoms with van der Waals surface area (Å²) in [7, 11) is 0. The highest BCUT2D eigenvalue weighted by Gasteiger charge is 2.40. The van der Waals surface area contributed by atoms with Crippen LogP contribution >= 0.6 is 11.8 Å². The lowest BCUT2D eigenvalue weighted by Crippen LogP contribution is -2.41. The zero-order valence-electron chi connectivity index (χ0n) is 12.8. The van der Waals surface area contributed by atoms with E-state index in [2.05, 4.69) is 4.74 Å². The molecule has 0 spiro atoms. The Morgan fingerprint density at radius 2 is 1.88 bits per heavy atom. The molecule has 3 amide bonds. The molecule has 3 rings (SSSR count). The largest absolute Gasteiger partial charge is 0.573 e. The van der Waals surface area contributed by atoms with Gasteiger partial charge in [0.05, 0.1) is 11.8 Å². The fourth-order valence-corrected chi connectivity index (χ4v) is 3.61. The maximum absolute atomic E-state index is 12.4. The molecule has 0 N–H and O–H groups in total. The van der Waals surface area contributed by atoms with Gasteiger partial charge in [-0.05, 0) is 30.7 Å². The van der Waals surface area contributed by atoms with E-state index < -0.39 is 12.1 Å². The van der Waals surface area contributed by atoms with Crippen molar-refractivity contribution in [3.8, 4) is 5.75 Å². The van der Waals surface area contributed by atoms with Gasteiger partial charge >= 0.3 is 6.36 Å². The number of nitrogens with zero attached hydrogens (tertiary/aromatic N) is 2. The van der Waals surface area contributed by atoms with Gasteiger partial charge < -0.3 is 9.64 Å². The van der Waals surface area contributed by atoms with E-state index in [-0.39, 0.29) is 41.0 Å². The lowest BCUT2D eigenvalue weighted by atomic mass is 10.2. The van der Waals surface area contributed by atoms with Crippen LogP contribution in [-0.4, -0.2) is 58.1 Å². The highest BCUT2D eigenvalue weighted by atomic mass is 32.2. The SMILES string of the molecule is O=C(c1ccc(OC(F)(F)F)cc1)N1CCC(N2C(=O)CSC2=O)C1. The zero-order chi connectivity index (χ0) is 18.2. The molecule has 134 valence electrons. The van der Waals surface area contributed by atoms with Crippen LogP contribution in [0, 0.1) is 0 Å². The fourth-order valence-electron chi connectivity index (χ4n) is 2.84. The van der Waals surface area contributed by atoms with Gasteiger partial charge in [-0.3, -0.25) is 19.3 Å². The average Bonchev–Trinajstić information content (AvgIpc) is 3.13. The van der Waals surface area contributed by atoms with Crippen molar-refractivity contribution < 1.29 is 32.3 Å². The standard InChI is InChI=1S/C15H13F3N2O4S/c16-15(17,18)24-11-3-1-9(2-4-11)13(22)19-6-5-10(7-19)20-12(21)8-25-14(20)23/h1-4,10H,5-8H2. The van der Waals surface area contributed by atoms with Crippen molar-refractivity contribution in [3.63, 3.8) is 0 Å². The fraction of sp³-hybridized carbons (Fsp3) is 0.400. The predicted octanol–water partition coefficient (Wildman–Crippen LogP) is 2.50. The van der Waals surface area contributed by atoms with Crippen LogP contribution in [0.1, 0.15) is 16.8 Å². The number of amides is 3. The first-order valence-corrected chi connectivity index (χ1v) is 8.37. The molecule has 1 unspecified atom stereocenters. The number of halogens is 3.